The van der Waals surface area contributed by atoms with E-state index < -0.39 is 0 Å². The quantitative estimate of drug-likeness (QED) is 0.711. The second-order valence-electron chi connectivity index (χ2n) is 6.61. The summed E-state index contributed by atoms with van der Waals surface area (Å²) < 4.78 is 3.06. The van der Waals surface area contributed by atoms with Crippen molar-refractivity contribution in [2.45, 2.75) is 47.0 Å². The van der Waals surface area contributed by atoms with Gasteiger partial charge in [-0.15, -0.1) is 0 Å². The summed E-state index contributed by atoms with van der Waals surface area (Å²) in [7, 11) is 2.00. The Hall–Kier alpha value is -1.09. The Bertz CT molecular complexity index is 637. The molecule has 108 valence electrons. The molecule has 0 amide bonds. The van der Waals surface area contributed by atoms with E-state index in [1.165, 1.54) is 22.3 Å². The molecule has 0 spiro atoms. The Morgan fingerprint density at radius 3 is 1.90 bits per heavy atom. The number of aryl methyl sites for hydroxylation is 4. The molecule has 0 unspecified atom stereocenters. The summed E-state index contributed by atoms with van der Waals surface area (Å²) in [5.74, 6) is 0. The summed E-state index contributed by atoms with van der Waals surface area (Å²) in [6, 6.07) is 4.61. The molecule has 0 saturated heterocycles. The van der Waals surface area contributed by atoms with E-state index in [2.05, 4.69) is 67.8 Å². The van der Waals surface area contributed by atoms with Gasteiger partial charge in [-0.1, -0.05) is 32.9 Å². The second-order valence-corrected chi connectivity index (χ2v) is 7.40. The zero-order chi connectivity index (χ0) is 15.2. The van der Waals surface area contributed by atoms with Gasteiger partial charge in [0.05, 0.1) is 15.9 Å². The lowest BCUT2D eigenvalue weighted by Crippen LogP contribution is -2.12. The molecule has 2 aromatic rings. The van der Waals surface area contributed by atoms with Crippen molar-refractivity contribution < 1.29 is 0 Å². The van der Waals surface area contributed by atoms with E-state index in [0.29, 0.717) is 0 Å². The molecule has 3 heteroatoms. The highest BCUT2D eigenvalue weighted by molar-refractivity contribution is 9.10. The molecule has 1 heterocycles. The van der Waals surface area contributed by atoms with Gasteiger partial charge in [-0.05, 0) is 58.8 Å². The van der Waals surface area contributed by atoms with Crippen LogP contribution in [0.2, 0.25) is 0 Å². The van der Waals surface area contributed by atoms with E-state index in [9.17, 15) is 0 Å². The van der Waals surface area contributed by atoms with Gasteiger partial charge in [0.1, 0.15) is 0 Å². The first-order chi connectivity index (χ1) is 9.12. The Labute approximate surface area is 130 Å². The summed E-state index contributed by atoms with van der Waals surface area (Å²) in [6.07, 6.45) is 0. The molecule has 0 N–H and O–H groups in total. The first kappa shape index (κ1) is 15.3. The SMILES string of the molecule is Cc1cc(C(C)(C)C)cc(C)c1-c1c(Br)c(C)nn1C. The molecule has 0 saturated carbocycles. The molecule has 20 heavy (non-hydrogen) atoms. The minimum absolute atomic E-state index is 0.174. The number of aromatic nitrogens is 2. The van der Waals surface area contributed by atoms with Crippen molar-refractivity contribution in [1.82, 2.24) is 9.78 Å². The minimum Gasteiger partial charge on any atom is -0.266 e. The van der Waals surface area contributed by atoms with Gasteiger partial charge in [-0.25, -0.2) is 0 Å². The molecule has 2 rings (SSSR count). The van der Waals surface area contributed by atoms with Crippen LogP contribution in [0.1, 0.15) is 43.2 Å². The van der Waals surface area contributed by atoms with Gasteiger partial charge < -0.3 is 0 Å². The van der Waals surface area contributed by atoms with E-state index in [4.69, 9.17) is 0 Å². The van der Waals surface area contributed by atoms with Crippen LogP contribution in [0.5, 0.6) is 0 Å². The normalized spacial score (nSPS) is 12.0. The van der Waals surface area contributed by atoms with Crippen LogP contribution in [0.4, 0.5) is 0 Å². The van der Waals surface area contributed by atoms with Crippen LogP contribution in [0.15, 0.2) is 16.6 Å². The van der Waals surface area contributed by atoms with Crippen molar-refractivity contribution in [2.75, 3.05) is 0 Å². The predicted octanol–water partition coefficient (Wildman–Crippen LogP) is 5.07. The van der Waals surface area contributed by atoms with E-state index in [1.807, 2.05) is 18.7 Å². The smallest absolute Gasteiger partial charge is 0.0829 e. The molecule has 0 radical (unpaired) electrons. The maximum Gasteiger partial charge on any atom is 0.0829 e. The van der Waals surface area contributed by atoms with Crippen LogP contribution in [0.25, 0.3) is 11.3 Å². The molecule has 2 nitrogen and oxygen atoms in total. The number of hydrogen-bond donors (Lipinski definition) is 0. The lowest BCUT2D eigenvalue weighted by atomic mass is 9.83. The molecule has 0 aliphatic carbocycles. The van der Waals surface area contributed by atoms with Crippen LogP contribution in [0, 0.1) is 20.8 Å². The molecule has 1 aromatic heterocycles. The number of benzene rings is 1. The van der Waals surface area contributed by atoms with Crippen LogP contribution in [0.3, 0.4) is 0 Å². The molecule has 1 aromatic carbocycles. The fourth-order valence-electron chi connectivity index (χ4n) is 2.67. The Morgan fingerprint density at radius 1 is 1.05 bits per heavy atom. The van der Waals surface area contributed by atoms with Crippen LogP contribution < -0.4 is 0 Å². The lowest BCUT2D eigenvalue weighted by molar-refractivity contribution is 0.589. The van der Waals surface area contributed by atoms with Crippen LogP contribution in [-0.4, -0.2) is 9.78 Å². The maximum atomic E-state index is 4.51. The zero-order valence-corrected chi connectivity index (χ0v) is 15.0. The second kappa shape index (κ2) is 5.03. The number of nitrogens with zero attached hydrogens (tertiary/aromatic N) is 2. The largest absolute Gasteiger partial charge is 0.266 e. The molecular weight excluding hydrogens is 312 g/mol. The van der Waals surface area contributed by atoms with Crippen LogP contribution in [-0.2, 0) is 12.5 Å². The zero-order valence-electron chi connectivity index (χ0n) is 13.4. The Balaban J connectivity index is 2.71. The third-order valence-electron chi connectivity index (χ3n) is 3.78. The molecule has 0 atom stereocenters. The topological polar surface area (TPSA) is 17.8 Å². The van der Waals surface area contributed by atoms with Crippen molar-refractivity contribution in [3.8, 4) is 11.3 Å². The van der Waals surface area contributed by atoms with Gasteiger partial charge in [0, 0.05) is 12.6 Å². The van der Waals surface area contributed by atoms with Gasteiger partial charge in [-0.2, -0.15) is 5.10 Å². The summed E-state index contributed by atoms with van der Waals surface area (Å²) >= 11 is 3.68. The molecule has 0 fully saturated rings. The molecular formula is C17H23BrN2. The first-order valence-electron chi connectivity index (χ1n) is 6.94. The van der Waals surface area contributed by atoms with Crippen molar-refractivity contribution >= 4 is 15.9 Å². The summed E-state index contributed by atoms with van der Waals surface area (Å²) in [4.78, 5) is 0. The molecule has 0 aliphatic rings. The number of hydrogen-bond acceptors (Lipinski definition) is 1. The maximum absolute atomic E-state index is 4.51. The van der Waals surface area contributed by atoms with Gasteiger partial charge in [0.25, 0.3) is 0 Å². The highest BCUT2D eigenvalue weighted by Crippen LogP contribution is 2.37. The molecule has 0 bridgehead atoms. The minimum atomic E-state index is 0.174. The number of halogens is 1. The standard InChI is InChI=1S/C17H23BrN2/c1-10-8-13(17(4,5)6)9-11(2)14(10)16-15(18)12(3)19-20(16)7/h8-9H,1-7H3. The lowest BCUT2D eigenvalue weighted by Gasteiger charge is -2.22. The van der Waals surface area contributed by atoms with Crippen molar-refractivity contribution in [2.24, 2.45) is 7.05 Å². The highest BCUT2D eigenvalue weighted by Gasteiger charge is 2.20. The monoisotopic (exact) mass is 334 g/mol. The summed E-state index contributed by atoms with van der Waals surface area (Å²) in [6.45, 7) is 13.2. The fourth-order valence-corrected chi connectivity index (χ4v) is 3.21. The summed E-state index contributed by atoms with van der Waals surface area (Å²) in [5.41, 5.74) is 7.64. The fraction of sp³-hybridized carbons (Fsp3) is 0.471. The van der Waals surface area contributed by atoms with Crippen LogP contribution >= 0.6 is 15.9 Å². The van der Waals surface area contributed by atoms with Crippen molar-refractivity contribution in [3.05, 3.63) is 39.0 Å². The van der Waals surface area contributed by atoms with Gasteiger partial charge in [-0.3, -0.25) is 4.68 Å². The Morgan fingerprint density at radius 2 is 1.55 bits per heavy atom. The van der Waals surface area contributed by atoms with E-state index >= 15 is 0 Å². The third kappa shape index (κ3) is 2.56. The van der Waals surface area contributed by atoms with Crippen molar-refractivity contribution in [3.63, 3.8) is 0 Å². The average Bonchev–Trinajstić information content (AvgIpc) is 2.53. The highest BCUT2D eigenvalue weighted by atomic mass is 79.9. The van der Waals surface area contributed by atoms with Crippen molar-refractivity contribution in [1.29, 1.82) is 0 Å². The predicted molar refractivity (Wildman–Crippen MR) is 89.3 cm³/mol. The van der Waals surface area contributed by atoms with Gasteiger partial charge in [0.2, 0.25) is 0 Å². The summed E-state index contributed by atoms with van der Waals surface area (Å²) in [5, 5.41) is 4.51. The van der Waals surface area contributed by atoms with E-state index in [0.717, 1.165) is 15.9 Å². The van der Waals surface area contributed by atoms with Gasteiger partial charge in [0.15, 0.2) is 0 Å². The third-order valence-corrected chi connectivity index (χ3v) is 4.73. The number of rotatable bonds is 1. The molecule has 0 aliphatic heterocycles. The van der Waals surface area contributed by atoms with E-state index in [-0.39, 0.29) is 5.41 Å². The van der Waals surface area contributed by atoms with Gasteiger partial charge >= 0.3 is 0 Å². The average molecular weight is 335 g/mol. The Kier molecular flexibility index (Phi) is 3.85. The van der Waals surface area contributed by atoms with E-state index in [1.54, 1.807) is 0 Å². The first-order valence-corrected chi connectivity index (χ1v) is 7.73.